The molecule has 2 aromatic rings. The summed E-state index contributed by atoms with van der Waals surface area (Å²) in [4.78, 5) is 23.3. The van der Waals surface area contributed by atoms with E-state index >= 15 is 0 Å². The molecule has 1 aromatic heterocycles. The first kappa shape index (κ1) is 21.3. The predicted molar refractivity (Wildman–Crippen MR) is 115 cm³/mol. The van der Waals surface area contributed by atoms with E-state index in [4.69, 9.17) is 4.74 Å². The van der Waals surface area contributed by atoms with Gasteiger partial charge in [-0.15, -0.1) is 0 Å². The van der Waals surface area contributed by atoms with Crippen LogP contribution in [0, 0.1) is 0 Å². The maximum Gasteiger partial charge on any atom is 0.253 e. The normalized spacial score (nSPS) is 15.4. The van der Waals surface area contributed by atoms with Crippen LogP contribution in [-0.2, 0) is 6.54 Å². The van der Waals surface area contributed by atoms with E-state index in [9.17, 15) is 4.79 Å². The Balaban J connectivity index is 1.50. The highest BCUT2D eigenvalue weighted by atomic mass is 16.5. The fraction of sp³-hybridized carbons (Fsp3) is 0.478. The van der Waals surface area contributed by atoms with E-state index in [0.29, 0.717) is 12.1 Å². The fourth-order valence-electron chi connectivity index (χ4n) is 3.47. The summed E-state index contributed by atoms with van der Waals surface area (Å²) in [6.07, 6.45) is 3.99. The molecule has 0 atom stereocenters. The van der Waals surface area contributed by atoms with Crippen molar-refractivity contribution >= 4 is 5.91 Å². The Morgan fingerprint density at radius 1 is 1.10 bits per heavy atom. The minimum absolute atomic E-state index is 0.0301. The zero-order valence-corrected chi connectivity index (χ0v) is 17.8. The second-order valence-electron chi connectivity index (χ2n) is 7.97. The average Bonchev–Trinajstić information content (AvgIpc) is 2.74. The molecule has 1 aromatic carbocycles. The van der Waals surface area contributed by atoms with Crippen LogP contribution in [0.2, 0.25) is 0 Å². The van der Waals surface area contributed by atoms with Gasteiger partial charge in [0.25, 0.3) is 5.91 Å². The van der Waals surface area contributed by atoms with Gasteiger partial charge in [-0.2, -0.15) is 0 Å². The van der Waals surface area contributed by atoms with Crippen LogP contribution in [-0.4, -0.2) is 79.0 Å². The van der Waals surface area contributed by atoms with Crippen molar-refractivity contribution in [3.63, 3.8) is 0 Å². The van der Waals surface area contributed by atoms with Crippen molar-refractivity contribution < 1.29 is 9.53 Å². The van der Waals surface area contributed by atoms with E-state index < -0.39 is 0 Å². The lowest BCUT2D eigenvalue weighted by Gasteiger charge is -2.32. The van der Waals surface area contributed by atoms with Crippen molar-refractivity contribution in [2.24, 2.45) is 0 Å². The van der Waals surface area contributed by atoms with E-state index in [-0.39, 0.29) is 12.0 Å². The zero-order chi connectivity index (χ0) is 20.6. The van der Waals surface area contributed by atoms with Crippen LogP contribution in [0.1, 0.15) is 28.9 Å². The number of benzene rings is 1. The molecular formula is C23H32N4O2. The summed E-state index contributed by atoms with van der Waals surface area (Å²) in [5, 5.41) is 0. The topological polar surface area (TPSA) is 48.9 Å². The fourth-order valence-corrected chi connectivity index (χ4v) is 3.47. The highest BCUT2D eigenvalue weighted by Crippen LogP contribution is 2.21. The highest BCUT2D eigenvalue weighted by Gasteiger charge is 2.21. The molecule has 0 saturated carbocycles. The number of pyridine rings is 1. The summed E-state index contributed by atoms with van der Waals surface area (Å²) in [7, 11) is 5.86. The lowest BCUT2D eigenvalue weighted by Crippen LogP contribution is -2.38. The number of carbonyl (C=O) groups is 1. The Bertz CT molecular complexity index is 773. The van der Waals surface area contributed by atoms with Crippen molar-refractivity contribution in [3.05, 3.63) is 59.9 Å². The van der Waals surface area contributed by atoms with Crippen LogP contribution in [0.15, 0.2) is 48.7 Å². The average molecular weight is 397 g/mol. The summed E-state index contributed by atoms with van der Waals surface area (Å²) < 4.78 is 6.20. The van der Waals surface area contributed by atoms with Crippen LogP contribution in [0.25, 0.3) is 0 Å². The monoisotopic (exact) mass is 396 g/mol. The number of hydrogen-bond acceptors (Lipinski definition) is 5. The lowest BCUT2D eigenvalue weighted by atomic mass is 10.1. The number of hydrogen-bond donors (Lipinski definition) is 0. The molecule has 1 saturated heterocycles. The third-order valence-electron chi connectivity index (χ3n) is 5.26. The van der Waals surface area contributed by atoms with Crippen molar-refractivity contribution in [1.82, 2.24) is 19.7 Å². The molecule has 0 radical (unpaired) electrons. The van der Waals surface area contributed by atoms with Gasteiger partial charge in [0.05, 0.1) is 5.69 Å². The molecule has 0 bridgehead atoms. The molecule has 0 aliphatic carbocycles. The number of carbonyl (C=O) groups excluding carboxylic acids is 1. The summed E-state index contributed by atoms with van der Waals surface area (Å²) in [6, 6.07) is 13.6. The Kier molecular flexibility index (Phi) is 7.61. The number of likely N-dealkylation sites (tertiary alicyclic amines) is 1. The molecule has 1 amide bonds. The van der Waals surface area contributed by atoms with Crippen molar-refractivity contribution in [3.8, 4) is 5.75 Å². The lowest BCUT2D eigenvalue weighted by molar-refractivity contribution is 0.0783. The Labute approximate surface area is 174 Å². The second kappa shape index (κ2) is 10.4. The van der Waals surface area contributed by atoms with Gasteiger partial charge in [0.1, 0.15) is 11.9 Å². The Hall–Kier alpha value is -2.44. The van der Waals surface area contributed by atoms with Gasteiger partial charge in [0.15, 0.2) is 0 Å². The number of likely N-dealkylation sites (N-methyl/N-ethyl adjacent to an activating group) is 2. The quantitative estimate of drug-likeness (QED) is 0.687. The molecule has 0 N–H and O–H groups in total. The Morgan fingerprint density at radius 2 is 1.90 bits per heavy atom. The predicted octanol–water partition coefficient (Wildman–Crippen LogP) is 2.76. The number of rotatable bonds is 8. The minimum atomic E-state index is 0.0301. The van der Waals surface area contributed by atoms with Gasteiger partial charge in [-0.3, -0.25) is 14.7 Å². The SMILES string of the molecule is CN(C)CCN(C)C(=O)c1cccc(OC2CCN(Cc3ccccn3)CC2)c1. The van der Waals surface area contributed by atoms with E-state index in [2.05, 4.69) is 20.9 Å². The van der Waals surface area contributed by atoms with Crippen molar-refractivity contribution in [2.45, 2.75) is 25.5 Å². The number of nitrogens with zero attached hydrogens (tertiary/aromatic N) is 4. The molecule has 1 aliphatic heterocycles. The molecule has 1 fully saturated rings. The van der Waals surface area contributed by atoms with Crippen molar-refractivity contribution in [1.29, 1.82) is 0 Å². The third kappa shape index (κ3) is 6.54. The maximum absolute atomic E-state index is 12.7. The summed E-state index contributed by atoms with van der Waals surface area (Å²) in [6.45, 7) is 4.41. The zero-order valence-electron chi connectivity index (χ0n) is 17.8. The van der Waals surface area contributed by atoms with E-state index in [1.54, 1.807) is 4.90 Å². The van der Waals surface area contributed by atoms with Gasteiger partial charge in [-0.05, 0) is 57.3 Å². The molecule has 156 valence electrons. The van der Waals surface area contributed by atoms with Gasteiger partial charge in [-0.25, -0.2) is 0 Å². The number of piperidine rings is 1. The standard InChI is InChI=1S/C23H32N4O2/c1-25(2)15-16-26(3)23(28)19-7-6-9-22(17-19)29-21-10-13-27(14-11-21)18-20-8-4-5-12-24-20/h4-9,12,17,21H,10-11,13-16,18H2,1-3H3. The molecule has 6 heteroatoms. The molecule has 0 unspecified atom stereocenters. The van der Waals surface area contributed by atoms with Gasteiger partial charge in [-0.1, -0.05) is 12.1 Å². The number of amides is 1. The van der Waals surface area contributed by atoms with E-state index in [1.807, 2.05) is 63.7 Å². The minimum Gasteiger partial charge on any atom is -0.490 e. The Morgan fingerprint density at radius 3 is 2.59 bits per heavy atom. The highest BCUT2D eigenvalue weighted by molar-refractivity contribution is 5.94. The van der Waals surface area contributed by atoms with E-state index in [0.717, 1.165) is 50.5 Å². The third-order valence-corrected chi connectivity index (χ3v) is 5.26. The van der Waals surface area contributed by atoms with Crippen LogP contribution in [0.4, 0.5) is 0 Å². The van der Waals surface area contributed by atoms with Gasteiger partial charge in [0, 0.05) is 51.5 Å². The first-order valence-corrected chi connectivity index (χ1v) is 10.3. The molecular weight excluding hydrogens is 364 g/mol. The molecule has 0 spiro atoms. The van der Waals surface area contributed by atoms with Crippen LogP contribution in [0.5, 0.6) is 5.75 Å². The summed E-state index contributed by atoms with van der Waals surface area (Å²) in [5.74, 6) is 0.808. The van der Waals surface area contributed by atoms with Crippen LogP contribution < -0.4 is 4.74 Å². The van der Waals surface area contributed by atoms with Gasteiger partial charge in [0.2, 0.25) is 0 Å². The molecule has 6 nitrogen and oxygen atoms in total. The van der Waals surface area contributed by atoms with E-state index in [1.165, 1.54) is 0 Å². The first-order valence-electron chi connectivity index (χ1n) is 10.3. The van der Waals surface area contributed by atoms with Crippen molar-refractivity contribution in [2.75, 3.05) is 47.3 Å². The number of aromatic nitrogens is 1. The van der Waals surface area contributed by atoms with Crippen LogP contribution >= 0.6 is 0 Å². The first-order chi connectivity index (χ1) is 14.0. The molecule has 3 rings (SSSR count). The largest absolute Gasteiger partial charge is 0.490 e. The summed E-state index contributed by atoms with van der Waals surface area (Å²) in [5.41, 5.74) is 1.79. The second-order valence-corrected chi connectivity index (χ2v) is 7.97. The molecule has 1 aliphatic rings. The van der Waals surface area contributed by atoms with Gasteiger partial charge >= 0.3 is 0 Å². The van der Waals surface area contributed by atoms with Gasteiger partial charge < -0.3 is 14.5 Å². The maximum atomic E-state index is 12.7. The summed E-state index contributed by atoms with van der Waals surface area (Å²) >= 11 is 0. The number of ether oxygens (including phenoxy) is 1. The molecule has 2 heterocycles. The van der Waals surface area contributed by atoms with Crippen LogP contribution in [0.3, 0.4) is 0 Å². The molecule has 29 heavy (non-hydrogen) atoms. The smallest absolute Gasteiger partial charge is 0.253 e.